The van der Waals surface area contributed by atoms with Gasteiger partial charge in [0.2, 0.25) is 10.0 Å². The molecule has 1 heterocycles. The SMILES string of the molecule is CCC(C)(C)NS(=O)(=O)c1ccc(B2OC(C)(C)C(C)(C)O2)cc1C(F)(F)F. The van der Waals surface area contributed by atoms with Crippen molar-refractivity contribution in [2.24, 2.45) is 0 Å². The molecule has 0 atom stereocenters. The van der Waals surface area contributed by atoms with E-state index < -0.39 is 50.5 Å². The van der Waals surface area contributed by atoms with Crippen LogP contribution in [0.3, 0.4) is 0 Å². The Hall–Kier alpha value is -1.10. The summed E-state index contributed by atoms with van der Waals surface area (Å²) >= 11 is 0. The van der Waals surface area contributed by atoms with E-state index in [1.165, 1.54) is 6.07 Å². The second-order valence-corrected chi connectivity index (χ2v) is 10.3. The van der Waals surface area contributed by atoms with Crippen molar-refractivity contribution in [1.29, 1.82) is 0 Å². The zero-order valence-electron chi connectivity index (χ0n) is 17.2. The maximum Gasteiger partial charge on any atom is 0.494 e. The summed E-state index contributed by atoms with van der Waals surface area (Å²) in [6.45, 7) is 12.1. The highest BCUT2D eigenvalue weighted by atomic mass is 32.2. The maximum atomic E-state index is 13.7. The van der Waals surface area contributed by atoms with Crippen molar-refractivity contribution in [1.82, 2.24) is 4.72 Å². The maximum absolute atomic E-state index is 13.7. The molecule has 0 saturated carbocycles. The molecule has 1 aliphatic heterocycles. The molecule has 2 rings (SSSR count). The lowest BCUT2D eigenvalue weighted by Crippen LogP contribution is -2.43. The first-order chi connectivity index (χ1) is 12.4. The fraction of sp³-hybridized carbons (Fsp3) is 0.667. The second-order valence-electron chi connectivity index (χ2n) is 8.68. The molecule has 1 aliphatic rings. The quantitative estimate of drug-likeness (QED) is 0.740. The molecule has 1 saturated heterocycles. The predicted octanol–water partition coefficient (Wildman–Crippen LogP) is 3.47. The van der Waals surface area contributed by atoms with Crippen molar-refractivity contribution < 1.29 is 30.9 Å². The Morgan fingerprint density at radius 1 is 1.07 bits per heavy atom. The number of alkyl halides is 3. The van der Waals surface area contributed by atoms with Crippen LogP contribution in [0.25, 0.3) is 0 Å². The van der Waals surface area contributed by atoms with Gasteiger partial charge in [0.1, 0.15) is 0 Å². The average molecular weight is 421 g/mol. The van der Waals surface area contributed by atoms with Crippen LogP contribution >= 0.6 is 0 Å². The van der Waals surface area contributed by atoms with Gasteiger partial charge in [-0.25, -0.2) is 13.1 Å². The number of rotatable bonds is 5. The topological polar surface area (TPSA) is 64.6 Å². The highest BCUT2D eigenvalue weighted by Crippen LogP contribution is 2.38. The lowest BCUT2D eigenvalue weighted by atomic mass is 9.78. The van der Waals surface area contributed by atoms with Crippen molar-refractivity contribution in [2.45, 2.75) is 82.7 Å². The van der Waals surface area contributed by atoms with Crippen LogP contribution in [0.2, 0.25) is 0 Å². The van der Waals surface area contributed by atoms with Gasteiger partial charge < -0.3 is 9.31 Å². The summed E-state index contributed by atoms with van der Waals surface area (Å²) in [5.41, 5.74) is -3.48. The Morgan fingerprint density at radius 2 is 1.57 bits per heavy atom. The van der Waals surface area contributed by atoms with E-state index in [1.807, 2.05) is 0 Å². The highest BCUT2D eigenvalue weighted by molar-refractivity contribution is 7.89. The molecule has 1 aromatic rings. The molecule has 5 nitrogen and oxygen atoms in total. The van der Waals surface area contributed by atoms with Gasteiger partial charge in [-0.3, -0.25) is 0 Å². The first-order valence-corrected chi connectivity index (χ1v) is 10.5. The lowest BCUT2D eigenvalue weighted by Gasteiger charge is -2.32. The molecule has 10 heteroatoms. The standard InChI is InChI=1S/C18H27BF3NO4S/c1-8-15(2,3)23-28(24,25)14-10-9-12(11-13(14)18(20,21)22)19-26-16(4,5)17(6,7)27-19/h9-11,23H,8H2,1-7H3. The fourth-order valence-electron chi connectivity index (χ4n) is 2.62. The van der Waals surface area contributed by atoms with Gasteiger partial charge in [0.25, 0.3) is 0 Å². The van der Waals surface area contributed by atoms with Crippen LogP contribution in [0.5, 0.6) is 0 Å². The molecule has 1 fully saturated rings. The van der Waals surface area contributed by atoms with E-state index >= 15 is 0 Å². The number of hydrogen-bond acceptors (Lipinski definition) is 4. The molecule has 0 aliphatic carbocycles. The molecule has 0 aromatic heterocycles. The van der Waals surface area contributed by atoms with Gasteiger partial charge >= 0.3 is 13.3 Å². The summed E-state index contributed by atoms with van der Waals surface area (Å²) in [5.74, 6) is 0. The molecular formula is C18H27BF3NO4S. The number of hydrogen-bond donors (Lipinski definition) is 1. The summed E-state index contributed by atoms with van der Waals surface area (Å²) in [5, 5.41) is 0. The lowest BCUT2D eigenvalue weighted by molar-refractivity contribution is -0.139. The highest BCUT2D eigenvalue weighted by Gasteiger charge is 2.52. The van der Waals surface area contributed by atoms with Gasteiger partial charge in [-0.05, 0) is 65.6 Å². The number of halogens is 3. The van der Waals surface area contributed by atoms with E-state index in [2.05, 4.69) is 4.72 Å². The Bertz CT molecular complexity index is 835. The molecule has 28 heavy (non-hydrogen) atoms. The third-order valence-corrected chi connectivity index (χ3v) is 7.17. The van der Waals surface area contributed by atoms with Gasteiger partial charge in [-0.1, -0.05) is 13.0 Å². The van der Waals surface area contributed by atoms with E-state index in [4.69, 9.17) is 9.31 Å². The minimum atomic E-state index is -4.86. The van der Waals surface area contributed by atoms with E-state index in [0.717, 1.165) is 12.1 Å². The summed E-state index contributed by atoms with van der Waals surface area (Å²) in [6, 6.07) is 3.04. The van der Waals surface area contributed by atoms with E-state index in [-0.39, 0.29) is 5.46 Å². The molecule has 0 spiro atoms. The van der Waals surface area contributed by atoms with Gasteiger partial charge in [0.05, 0.1) is 21.7 Å². The van der Waals surface area contributed by atoms with Crippen LogP contribution in [0, 0.1) is 0 Å². The molecule has 1 N–H and O–H groups in total. The zero-order valence-corrected chi connectivity index (χ0v) is 18.0. The second kappa shape index (κ2) is 7.00. The Labute approximate surface area is 165 Å². The molecule has 0 radical (unpaired) electrons. The van der Waals surface area contributed by atoms with Crippen molar-refractivity contribution in [3.8, 4) is 0 Å². The number of nitrogens with one attached hydrogen (secondary N) is 1. The van der Waals surface area contributed by atoms with Gasteiger partial charge in [0, 0.05) is 5.54 Å². The summed E-state index contributed by atoms with van der Waals surface area (Å²) < 4.78 is 80.3. The first kappa shape index (κ1) is 23.2. The molecule has 0 bridgehead atoms. The van der Waals surface area contributed by atoms with Crippen LogP contribution in [0.15, 0.2) is 23.1 Å². The van der Waals surface area contributed by atoms with Gasteiger partial charge in [0.15, 0.2) is 0 Å². The molecule has 0 unspecified atom stereocenters. The van der Waals surface area contributed by atoms with Crippen LogP contribution < -0.4 is 10.2 Å². The van der Waals surface area contributed by atoms with E-state index in [9.17, 15) is 21.6 Å². The monoisotopic (exact) mass is 421 g/mol. The van der Waals surface area contributed by atoms with Crippen LogP contribution in [-0.4, -0.2) is 32.3 Å². The molecule has 1 aromatic carbocycles. The normalized spacial score (nSPS) is 19.9. The van der Waals surface area contributed by atoms with Crippen molar-refractivity contribution >= 4 is 22.6 Å². The Balaban J connectivity index is 2.52. The zero-order chi connectivity index (χ0) is 21.8. The number of benzene rings is 1. The first-order valence-electron chi connectivity index (χ1n) is 9.03. The number of sulfonamides is 1. The molecular weight excluding hydrogens is 394 g/mol. The summed E-state index contributed by atoms with van der Waals surface area (Å²) in [7, 11) is -5.41. The van der Waals surface area contributed by atoms with Crippen LogP contribution in [-0.2, 0) is 25.5 Å². The molecule has 158 valence electrons. The smallest absolute Gasteiger partial charge is 0.399 e. The summed E-state index contributed by atoms with van der Waals surface area (Å²) in [4.78, 5) is -0.818. The minimum Gasteiger partial charge on any atom is -0.399 e. The fourth-order valence-corrected chi connectivity index (χ4v) is 4.31. The minimum absolute atomic E-state index is 0.111. The Kier molecular flexibility index (Phi) is 5.80. The van der Waals surface area contributed by atoms with Crippen LogP contribution in [0.4, 0.5) is 13.2 Å². The third-order valence-electron chi connectivity index (χ3n) is 5.42. The van der Waals surface area contributed by atoms with E-state index in [0.29, 0.717) is 6.42 Å². The average Bonchev–Trinajstić information content (AvgIpc) is 2.73. The molecule has 0 amide bonds. The third kappa shape index (κ3) is 4.55. The van der Waals surface area contributed by atoms with Crippen molar-refractivity contribution in [3.05, 3.63) is 23.8 Å². The summed E-state index contributed by atoms with van der Waals surface area (Å²) in [6.07, 6.45) is -4.44. The van der Waals surface area contributed by atoms with Gasteiger partial charge in [-0.15, -0.1) is 0 Å². The van der Waals surface area contributed by atoms with Crippen molar-refractivity contribution in [3.63, 3.8) is 0 Å². The van der Waals surface area contributed by atoms with Gasteiger partial charge in [-0.2, -0.15) is 13.2 Å². The van der Waals surface area contributed by atoms with Crippen molar-refractivity contribution in [2.75, 3.05) is 0 Å². The van der Waals surface area contributed by atoms with E-state index in [1.54, 1.807) is 48.5 Å². The Morgan fingerprint density at radius 3 is 2.00 bits per heavy atom. The van der Waals surface area contributed by atoms with Crippen LogP contribution in [0.1, 0.15) is 60.5 Å². The predicted molar refractivity (Wildman–Crippen MR) is 102 cm³/mol. The largest absolute Gasteiger partial charge is 0.494 e.